The molecule has 0 amide bonds. The molecule has 1 aromatic carbocycles. The van der Waals surface area contributed by atoms with E-state index in [0.29, 0.717) is 24.5 Å². The highest BCUT2D eigenvalue weighted by molar-refractivity contribution is 7.92. The Kier molecular flexibility index (Phi) is 4.64. The fourth-order valence-electron chi connectivity index (χ4n) is 2.11. The largest absolute Gasteiger partial charge is 0.326 e. The van der Waals surface area contributed by atoms with Gasteiger partial charge in [-0.25, -0.2) is 8.42 Å². The van der Waals surface area contributed by atoms with Crippen molar-refractivity contribution < 1.29 is 8.42 Å². The van der Waals surface area contributed by atoms with Gasteiger partial charge in [0.1, 0.15) is 4.90 Å². The van der Waals surface area contributed by atoms with E-state index in [2.05, 4.69) is 10.2 Å². The van der Waals surface area contributed by atoms with E-state index >= 15 is 0 Å². The van der Waals surface area contributed by atoms with Crippen LogP contribution in [0.5, 0.6) is 0 Å². The smallest absolute Gasteiger partial charge is 0.267 e. The zero-order valence-corrected chi connectivity index (χ0v) is 13.0. The Balaban J connectivity index is 2.45. The molecular weight excluding hydrogens is 288 g/mol. The van der Waals surface area contributed by atoms with Crippen LogP contribution in [0.1, 0.15) is 24.6 Å². The second kappa shape index (κ2) is 6.28. The van der Waals surface area contributed by atoms with Crippen molar-refractivity contribution >= 4 is 15.7 Å². The van der Waals surface area contributed by atoms with Crippen molar-refractivity contribution in [3.63, 3.8) is 0 Å². The van der Waals surface area contributed by atoms with Gasteiger partial charge in [-0.15, -0.1) is 0 Å². The molecule has 2 aromatic rings. The van der Waals surface area contributed by atoms with Crippen molar-refractivity contribution in [2.24, 2.45) is 5.73 Å². The van der Waals surface area contributed by atoms with Crippen LogP contribution in [0.25, 0.3) is 0 Å². The zero-order valence-electron chi connectivity index (χ0n) is 12.2. The zero-order chi connectivity index (χ0) is 15.5. The van der Waals surface area contributed by atoms with Gasteiger partial charge in [-0.1, -0.05) is 19.1 Å². The molecule has 0 aliphatic heterocycles. The average molecular weight is 308 g/mol. The minimum Gasteiger partial charge on any atom is -0.326 e. The number of hydrogen-bond acceptors (Lipinski definition) is 4. The third-order valence-corrected chi connectivity index (χ3v) is 5.18. The van der Waals surface area contributed by atoms with Crippen LogP contribution in [-0.2, 0) is 16.6 Å². The number of hydrogen-bond donors (Lipinski definition) is 2. The molecule has 3 N–H and O–H groups in total. The second-order valence-electron chi connectivity index (χ2n) is 4.81. The molecule has 0 aliphatic carbocycles. The standard InChI is InChI=1S/C14H20N4O2S/c1-3-8-18(13-6-4-12(9-15)5-7-13)21(19,20)14-10-16-17-11(14)2/h4-7,10H,3,8-9,15H2,1-2H3,(H,16,17). The molecule has 0 atom stereocenters. The summed E-state index contributed by atoms with van der Waals surface area (Å²) in [5.41, 5.74) is 7.71. The van der Waals surface area contributed by atoms with Crippen molar-refractivity contribution in [1.82, 2.24) is 10.2 Å². The summed E-state index contributed by atoms with van der Waals surface area (Å²) in [7, 11) is -3.61. The predicted octanol–water partition coefficient (Wildman–Crippen LogP) is 1.78. The first-order valence-electron chi connectivity index (χ1n) is 6.82. The van der Waals surface area contributed by atoms with Gasteiger partial charge in [0.05, 0.1) is 17.6 Å². The normalized spacial score (nSPS) is 11.6. The summed E-state index contributed by atoms with van der Waals surface area (Å²) in [5, 5.41) is 6.47. The maximum atomic E-state index is 12.8. The number of benzene rings is 1. The van der Waals surface area contributed by atoms with Gasteiger partial charge in [-0.2, -0.15) is 5.10 Å². The quantitative estimate of drug-likeness (QED) is 0.851. The van der Waals surface area contributed by atoms with Gasteiger partial charge in [-0.3, -0.25) is 9.40 Å². The summed E-state index contributed by atoms with van der Waals surface area (Å²) in [6.07, 6.45) is 2.07. The molecule has 114 valence electrons. The summed E-state index contributed by atoms with van der Waals surface area (Å²) in [6, 6.07) is 7.25. The number of rotatable bonds is 6. The van der Waals surface area contributed by atoms with Gasteiger partial charge in [0.2, 0.25) is 0 Å². The molecule has 1 aromatic heterocycles. The molecule has 0 unspecified atom stereocenters. The molecule has 2 rings (SSSR count). The van der Waals surface area contributed by atoms with E-state index in [1.165, 1.54) is 10.5 Å². The number of aromatic nitrogens is 2. The van der Waals surface area contributed by atoms with Crippen LogP contribution >= 0.6 is 0 Å². The lowest BCUT2D eigenvalue weighted by molar-refractivity contribution is 0.589. The van der Waals surface area contributed by atoms with Gasteiger partial charge in [0.25, 0.3) is 10.0 Å². The minimum atomic E-state index is -3.61. The van der Waals surface area contributed by atoms with E-state index in [0.717, 1.165) is 12.0 Å². The SMILES string of the molecule is CCCN(c1ccc(CN)cc1)S(=O)(=O)c1cn[nH]c1C. The maximum Gasteiger partial charge on any atom is 0.267 e. The summed E-state index contributed by atoms with van der Waals surface area (Å²) < 4.78 is 27.0. The van der Waals surface area contributed by atoms with Crippen LogP contribution in [0.3, 0.4) is 0 Å². The number of nitrogens with one attached hydrogen (secondary N) is 1. The lowest BCUT2D eigenvalue weighted by atomic mass is 10.2. The molecule has 0 radical (unpaired) electrons. The summed E-state index contributed by atoms with van der Waals surface area (Å²) in [4.78, 5) is 0.207. The van der Waals surface area contributed by atoms with E-state index < -0.39 is 10.0 Å². The van der Waals surface area contributed by atoms with Crippen molar-refractivity contribution in [3.05, 3.63) is 41.7 Å². The molecule has 21 heavy (non-hydrogen) atoms. The lowest BCUT2D eigenvalue weighted by Gasteiger charge is -2.23. The van der Waals surface area contributed by atoms with Gasteiger partial charge in [-0.05, 0) is 31.0 Å². The Morgan fingerprint density at radius 2 is 1.95 bits per heavy atom. The minimum absolute atomic E-state index is 0.207. The van der Waals surface area contributed by atoms with Gasteiger partial charge in [0, 0.05) is 13.1 Å². The first-order chi connectivity index (χ1) is 10.0. The second-order valence-corrected chi connectivity index (χ2v) is 6.64. The molecule has 1 heterocycles. The molecule has 6 nitrogen and oxygen atoms in total. The van der Waals surface area contributed by atoms with Crippen molar-refractivity contribution in [1.29, 1.82) is 0 Å². The van der Waals surface area contributed by atoms with Crippen LogP contribution in [-0.4, -0.2) is 25.2 Å². The van der Waals surface area contributed by atoms with Crippen LogP contribution in [0.4, 0.5) is 5.69 Å². The Bertz CT molecular complexity index is 692. The molecule has 0 bridgehead atoms. The third kappa shape index (κ3) is 3.08. The molecule has 0 saturated heterocycles. The van der Waals surface area contributed by atoms with E-state index in [1.54, 1.807) is 19.1 Å². The number of sulfonamides is 1. The maximum absolute atomic E-state index is 12.8. The highest BCUT2D eigenvalue weighted by Gasteiger charge is 2.27. The number of nitrogens with zero attached hydrogens (tertiary/aromatic N) is 2. The Labute approximate surface area is 125 Å². The fourth-order valence-corrected chi connectivity index (χ4v) is 3.79. The van der Waals surface area contributed by atoms with Crippen LogP contribution in [0, 0.1) is 6.92 Å². The predicted molar refractivity (Wildman–Crippen MR) is 82.5 cm³/mol. The molecular formula is C14H20N4O2S. The monoisotopic (exact) mass is 308 g/mol. The fraction of sp³-hybridized carbons (Fsp3) is 0.357. The van der Waals surface area contributed by atoms with Gasteiger partial charge in [0.15, 0.2) is 0 Å². The number of anilines is 1. The topological polar surface area (TPSA) is 92.1 Å². The van der Waals surface area contributed by atoms with E-state index in [4.69, 9.17) is 5.73 Å². The number of nitrogens with two attached hydrogens (primary N) is 1. The summed E-state index contributed by atoms with van der Waals surface area (Å²) in [5.74, 6) is 0. The van der Waals surface area contributed by atoms with Crippen molar-refractivity contribution in [2.45, 2.75) is 31.7 Å². The Morgan fingerprint density at radius 1 is 1.29 bits per heavy atom. The van der Waals surface area contributed by atoms with Crippen LogP contribution in [0.15, 0.2) is 35.4 Å². The number of aromatic amines is 1. The molecule has 0 spiro atoms. The van der Waals surface area contributed by atoms with E-state index in [1.807, 2.05) is 19.1 Å². The Morgan fingerprint density at radius 3 is 2.43 bits per heavy atom. The van der Waals surface area contributed by atoms with Gasteiger partial charge < -0.3 is 5.73 Å². The van der Waals surface area contributed by atoms with Crippen LogP contribution in [0.2, 0.25) is 0 Å². The molecule has 0 aliphatic rings. The first-order valence-corrected chi connectivity index (χ1v) is 8.26. The van der Waals surface area contributed by atoms with Crippen molar-refractivity contribution in [3.8, 4) is 0 Å². The summed E-state index contributed by atoms with van der Waals surface area (Å²) >= 11 is 0. The van der Waals surface area contributed by atoms with Gasteiger partial charge >= 0.3 is 0 Å². The first kappa shape index (κ1) is 15.5. The van der Waals surface area contributed by atoms with Crippen LogP contribution < -0.4 is 10.0 Å². The van der Waals surface area contributed by atoms with Crippen molar-refractivity contribution in [2.75, 3.05) is 10.8 Å². The summed E-state index contributed by atoms with van der Waals surface area (Å²) in [6.45, 7) is 4.48. The lowest BCUT2D eigenvalue weighted by Crippen LogP contribution is -2.32. The Hall–Kier alpha value is -1.86. The molecule has 0 saturated carbocycles. The number of aryl methyl sites for hydroxylation is 1. The highest BCUT2D eigenvalue weighted by Crippen LogP contribution is 2.25. The molecule has 0 fully saturated rings. The average Bonchev–Trinajstić information content (AvgIpc) is 2.92. The molecule has 7 heteroatoms. The third-order valence-electron chi connectivity index (χ3n) is 3.24. The highest BCUT2D eigenvalue weighted by atomic mass is 32.2. The van der Waals surface area contributed by atoms with E-state index in [-0.39, 0.29) is 4.90 Å². The number of H-pyrrole nitrogens is 1. The van der Waals surface area contributed by atoms with E-state index in [9.17, 15) is 8.42 Å².